The van der Waals surface area contributed by atoms with Crippen molar-refractivity contribution < 1.29 is 46.2 Å². The molecule has 0 saturated carbocycles. The number of fused-ring (bicyclic) bond motifs is 2. The zero-order valence-electron chi connectivity index (χ0n) is 48.9. The molecule has 0 atom stereocenters. The molecule has 0 bridgehead atoms. The van der Waals surface area contributed by atoms with Crippen LogP contribution in [-0.4, -0.2) is 129 Å². The number of aromatic nitrogens is 8. The van der Waals surface area contributed by atoms with Gasteiger partial charge in [0, 0.05) is 159 Å². The van der Waals surface area contributed by atoms with Gasteiger partial charge in [-0.15, -0.1) is 0 Å². The predicted octanol–water partition coefficient (Wildman–Crippen LogP) is 10.0. The number of hydrogen-bond donors (Lipinski definition) is 3. The fourth-order valence-corrected chi connectivity index (χ4v) is 11.0. The molecular weight excluding hydrogens is 1130 g/mol. The van der Waals surface area contributed by atoms with Gasteiger partial charge < -0.3 is 40.4 Å². The lowest BCUT2D eigenvalue weighted by Crippen LogP contribution is -2.36. The molecule has 0 unspecified atom stereocenters. The summed E-state index contributed by atoms with van der Waals surface area (Å²) in [5, 5.41) is 7.04. The van der Waals surface area contributed by atoms with E-state index >= 15 is 8.78 Å². The number of anilines is 9. The number of ether oxygens (including phenoxy) is 3. The topological polar surface area (TPSA) is 245 Å². The zero-order valence-corrected chi connectivity index (χ0v) is 48.9. The summed E-state index contributed by atoms with van der Waals surface area (Å²) in [4.78, 5) is 81.2. The number of rotatable bonds is 12. The zero-order chi connectivity index (χ0) is 61.1. The smallest absolute Gasteiger partial charge is 0.314 e. The standard InChI is InChI=1S/C34H37F2N7O4.C28H28F2N8O2/c1-20-32(31-24(36)13-22(35)14-26(31)41-33(20)43-8-6-5-7-29(43)44)40-25-15-28(42-9-11-46-12-10-42)39-19-23(25)21-17-37-27(38-18-21)16-30(45)47-34(2,3)4;1-16-26(25-20(30)10-18(29)11-22(25)36-27(16)38-5-3-2-4-24(38)39)35-21-12-23(37-6-8-40-9-7-37)32-15-19(21)17-13-33-28(31)34-14-17/h13-15,17-19H,5-12,16H2,1-4H3,(H,39,40,41);10-15H,2-9H2,1H3,(H2,31,33,34)(H,32,35,36). The molecule has 2 amide bonds. The van der Waals surface area contributed by atoms with E-state index in [1.54, 1.807) is 81.6 Å². The summed E-state index contributed by atoms with van der Waals surface area (Å²) in [6.45, 7) is 14.8. The highest BCUT2D eigenvalue weighted by molar-refractivity contribution is 6.04. The van der Waals surface area contributed by atoms with Crippen molar-refractivity contribution in [1.29, 1.82) is 0 Å². The van der Waals surface area contributed by atoms with Crippen molar-refractivity contribution in [2.75, 3.05) is 102 Å². The monoisotopic (exact) mass is 1190 g/mol. The summed E-state index contributed by atoms with van der Waals surface area (Å²) in [7, 11) is 0. The van der Waals surface area contributed by atoms with Gasteiger partial charge in [0.2, 0.25) is 17.8 Å². The quantitative estimate of drug-likeness (QED) is 0.0760. The first-order valence-electron chi connectivity index (χ1n) is 28.9. The van der Waals surface area contributed by atoms with Crippen molar-refractivity contribution in [2.24, 2.45) is 0 Å². The third-order valence-electron chi connectivity index (χ3n) is 15.3. The first kappa shape index (κ1) is 59.5. The SMILES string of the molecule is Cc1c(N2CCCCC2=O)nc2cc(F)cc(F)c2c1Nc1cc(N2CCOCC2)ncc1-c1cnc(CC(=O)OC(C)(C)C)nc1.Cc1c(N2CCCCC2=O)nc2cc(F)cc(F)c2c1Nc1cc(N2CCOCC2)ncc1-c1cnc(N)nc1. The summed E-state index contributed by atoms with van der Waals surface area (Å²) in [6.07, 6.45) is 13.6. The van der Waals surface area contributed by atoms with E-state index in [1.807, 2.05) is 12.1 Å². The first-order chi connectivity index (χ1) is 41.8. The van der Waals surface area contributed by atoms with E-state index in [0.717, 1.165) is 37.8 Å². The van der Waals surface area contributed by atoms with Crippen LogP contribution < -0.4 is 36.0 Å². The van der Waals surface area contributed by atoms with E-state index in [2.05, 4.69) is 55.3 Å². The van der Waals surface area contributed by atoms with E-state index < -0.39 is 34.8 Å². The minimum absolute atomic E-state index is 0.0674. The van der Waals surface area contributed by atoms with Crippen molar-refractivity contribution in [2.45, 2.75) is 85.2 Å². The highest BCUT2D eigenvalue weighted by Gasteiger charge is 2.30. The highest BCUT2D eigenvalue weighted by Crippen LogP contribution is 2.43. The molecule has 21 nitrogen and oxygen atoms in total. The molecule has 25 heteroatoms. The van der Waals surface area contributed by atoms with Crippen LogP contribution in [0.3, 0.4) is 0 Å². The van der Waals surface area contributed by atoms with Gasteiger partial charge >= 0.3 is 5.97 Å². The van der Waals surface area contributed by atoms with E-state index in [9.17, 15) is 23.2 Å². The Morgan fingerprint density at radius 3 is 1.43 bits per heavy atom. The second-order valence-corrected chi connectivity index (χ2v) is 22.5. The number of hydrogen-bond acceptors (Lipinski definition) is 19. The van der Waals surface area contributed by atoms with E-state index in [1.165, 1.54) is 12.1 Å². The molecule has 10 heterocycles. The molecule has 452 valence electrons. The van der Waals surface area contributed by atoms with Crippen LogP contribution in [0.5, 0.6) is 0 Å². The molecule has 8 aromatic rings. The molecule has 0 aliphatic carbocycles. The molecule has 4 saturated heterocycles. The average Bonchev–Trinajstić information content (AvgIpc) is 1.13. The van der Waals surface area contributed by atoms with Gasteiger partial charge in [0.1, 0.15) is 64.4 Å². The maximum absolute atomic E-state index is 15.6. The number of nitrogens with two attached hydrogens (primary N) is 1. The van der Waals surface area contributed by atoms with Gasteiger partial charge in [-0.25, -0.2) is 57.4 Å². The number of amides is 2. The maximum atomic E-state index is 15.6. The molecule has 6 aromatic heterocycles. The Morgan fingerprint density at radius 1 is 0.586 bits per heavy atom. The summed E-state index contributed by atoms with van der Waals surface area (Å²) in [6, 6.07) is 7.74. The molecule has 4 N–H and O–H groups in total. The highest BCUT2D eigenvalue weighted by atomic mass is 19.1. The van der Waals surface area contributed by atoms with Crippen molar-refractivity contribution in [3.05, 3.63) is 114 Å². The molecule has 4 aliphatic rings. The van der Waals surface area contributed by atoms with E-state index in [0.29, 0.717) is 164 Å². The van der Waals surface area contributed by atoms with E-state index in [-0.39, 0.29) is 46.0 Å². The Kier molecular flexibility index (Phi) is 17.4. The third-order valence-corrected chi connectivity index (χ3v) is 15.3. The molecule has 4 fully saturated rings. The van der Waals surface area contributed by atoms with Gasteiger partial charge in [0.15, 0.2) is 0 Å². The van der Waals surface area contributed by atoms with Gasteiger partial charge in [0.05, 0.1) is 71.0 Å². The number of morpholine rings is 2. The van der Waals surface area contributed by atoms with Gasteiger partial charge in [-0.3, -0.25) is 24.2 Å². The lowest BCUT2D eigenvalue weighted by Gasteiger charge is -2.30. The second-order valence-electron chi connectivity index (χ2n) is 22.5. The van der Waals surface area contributed by atoms with Crippen LogP contribution in [0.15, 0.2) is 73.6 Å². The van der Waals surface area contributed by atoms with Crippen molar-refractivity contribution in [3.8, 4) is 22.3 Å². The summed E-state index contributed by atoms with van der Waals surface area (Å²) < 4.78 is 76.3. The lowest BCUT2D eigenvalue weighted by molar-refractivity contribution is -0.154. The van der Waals surface area contributed by atoms with Crippen LogP contribution in [0.2, 0.25) is 0 Å². The summed E-state index contributed by atoms with van der Waals surface area (Å²) in [5.74, 6) is -1.10. The van der Waals surface area contributed by atoms with Gasteiger partial charge in [-0.2, -0.15) is 0 Å². The molecule has 0 spiro atoms. The van der Waals surface area contributed by atoms with Crippen LogP contribution >= 0.6 is 0 Å². The Labute approximate surface area is 498 Å². The molecular formula is C62H65F4N15O6. The Bertz CT molecular complexity index is 3920. The third kappa shape index (κ3) is 13.3. The minimum Gasteiger partial charge on any atom is -0.460 e. The van der Waals surface area contributed by atoms with Crippen molar-refractivity contribution >= 4 is 91.6 Å². The number of carbonyl (C=O) groups is 3. The molecule has 2 aromatic carbocycles. The first-order valence-corrected chi connectivity index (χ1v) is 28.9. The molecule has 12 rings (SSSR count). The number of pyridine rings is 4. The molecule has 4 aliphatic heterocycles. The number of halogens is 4. The Morgan fingerprint density at radius 2 is 1.01 bits per heavy atom. The normalized spacial score (nSPS) is 15.8. The van der Waals surface area contributed by atoms with Gasteiger partial charge in [0.25, 0.3) is 0 Å². The lowest BCUT2D eigenvalue weighted by atomic mass is 10.0. The van der Waals surface area contributed by atoms with Gasteiger partial charge in [-0.1, -0.05) is 0 Å². The van der Waals surface area contributed by atoms with Crippen LogP contribution in [0.25, 0.3) is 44.1 Å². The number of nitrogens with one attached hydrogen (secondary N) is 2. The van der Waals surface area contributed by atoms with Crippen LogP contribution in [-0.2, 0) is 35.0 Å². The average molecular weight is 1190 g/mol. The molecule has 0 radical (unpaired) electrons. The number of nitrogens with zero attached hydrogens (tertiary/aromatic N) is 12. The largest absolute Gasteiger partial charge is 0.460 e. The van der Waals surface area contributed by atoms with E-state index in [4.69, 9.17) is 24.9 Å². The predicted molar refractivity (Wildman–Crippen MR) is 322 cm³/mol. The minimum atomic E-state index is -0.784. The fourth-order valence-electron chi connectivity index (χ4n) is 11.0. The number of carbonyl (C=O) groups excluding carboxylic acids is 3. The Hall–Kier alpha value is -9.23. The number of esters is 1. The van der Waals surface area contributed by atoms with Crippen LogP contribution in [0.4, 0.5) is 69.5 Å². The number of piperidine rings is 2. The number of nitrogen functional groups attached to an aromatic ring is 1. The summed E-state index contributed by atoms with van der Waals surface area (Å²) in [5.41, 5.74) is 10.8. The van der Waals surface area contributed by atoms with Crippen LogP contribution in [0, 0.1) is 37.1 Å². The number of benzene rings is 2. The van der Waals surface area contributed by atoms with Crippen molar-refractivity contribution in [1.82, 2.24) is 39.9 Å². The Balaban J connectivity index is 0.000000182. The fraction of sp³-hybridized carbons (Fsp3) is 0.371. The maximum Gasteiger partial charge on any atom is 0.314 e. The summed E-state index contributed by atoms with van der Waals surface area (Å²) >= 11 is 0. The second kappa shape index (κ2) is 25.4. The van der Waals surface area contributed by atoms with Crippen LogP contribution in [0.1, 0.15) is 76.2 Å². The van der Waals surface area contributed by atoms with Crippen molar-refractivity contribution in [3.63, 3.8) is 0 Å². The molecule has 87 heavy (non-hydrogen) atoms. The van der Waals surface area contributed by atoms with Gasteiger partial charge in [-0.05, 0) is 60.3 Å².